The van der Waals surface area contributed by atoms with Crippen molar-refractivity contribution < 1.29 is 9.84 Å². The van der Waals surface area contributed by atoms with Crippen LogP contribution in [0, 0.1) is 0 Å². The van der Waals surface area contributed by atoms with Crippen molar-refractivity contribution in [2.45, 2.75) is 38.3 Å². The van der Waals surface area contributed by atoms with Crippen LogP contribution in [-0.2, 0) is 6.54 Å². The van der Waals surface area contributed by atoms with Crippen LogP contribution in [0.25, 0.3) is 0 Å². The molecular weight excluding hydrogens is 252 g/mol. The first-order valence-electron chi connectivity index (χ1n) is 7.60. The zero-order chi connectivity index (χ0) is 14.2. The minimum absolute atomic E-state index is 0.253. The molecule has 0 radical (unpaired) electrons. The van der Waals surface area contributed by atoms with Crippen LogP contribution in [0.4, 0.5) is 0 Å². The minimum Gasteiger partial charge on any atom is -0.492 e. The fourth-order valence-corrected chi connectivity index (χ4v) is 2.78. The van der Waals surface area contributed by atoms with Crippen LogP contribution < -0.4 is 10.5 Å². The quantitative estimate of drug-likeness (QED) is 0.832. The molecule has 1 fully saturated rings. The highest BCUT2D eigenvalue weighted by Gasteiger charge is 2.19. The zero-order valence-electron chi connectivity index (χ0n) is 12.1. The summed E-state index contributed by atoms with van der Waals surface area (Å²) < 4.78 is 5.81. The highest BCUT2D eigenvalue weighted by atomic mass is 16.5. The van der Waals surface area contributed by atoms with Gasteiger partial charge in [-0.1, -0.05) is 25.0 Å². The molecule has 20 heavy (non-hydrogen) atoms. The molecule has 1 saturated heterocycles. The molecule has 1 heterocycles. The summed E-state index contributed by atoms with van der Waals surface area (Å²) in [6.07, 6.45) is 4.81. The zero-order valence-corrected chi connectivity index (χ0v) is 12.1. The Bertz CT molecular complexity index is 398. The van der Waals surface area contributed by atoms with E-state index in [0.29, 0.717) is 19.2 Å². The maximum absolute atomic E-state index is 9.47. The normalized spacial score (nSPS) is 20.6. The van der Waals surface area contributed by atoms with Crippen molar-refractivity contribution in [1.82, 2.24) is 4.90 Å². The van der Waals surface area contributed by atoms with E-state index in [-0.39, 0.29) is 6.61 Å². The van der Waals surface area contributed by atoms with Gasteiger partial charge in [0.2, 0.25) is 0 Å². The molecule has 1 aliphatic heterocycles. The molecule has 4 nitrogen and oxygen atoms in total. The van der Waals surface area contributed by atoms with Gasteiger partial charge in [-0.05, 0) is 37.1 Å². The van der Waals surface area contributed by atoms with Crippen LogP contribution in [0.15, 0.2) is 24.3 Å². The van der Waals surface area contributed by atoms with Gasteiger partial charge >= 0.3 is 0 Å². The van der Waals surface area contributed by atoms with Gasteiger partial charge in [0.05, 0.1) is 6.61 Å². The van der Waals surface area contributed by atoms with E-state index in [1.807, 2.05) is 24.3 Å². The largest absolute Gasteiger partial charge is 0.492 e. The molecule has 1 aliphatic rings. The van der Waals surface area contributed by atoms with Gasteiger partial charge in [0.25, 0.3) is 0 Å². The Morgan fingerprint density at radius 1 is 1.30 bits per heavy atom. The van der Waals surface area contributed by atoms with Crippen LogP contribution in [0.1, 0.15) is 31.2 Å². The lowest BCUT2D eigenvalue weighted by atomic mass is 10.1. The van der Waals surface area contributed by atoms with Crippen molar-refractivity contribution in [2.24, 2.45) is 5.73 Å². The second kappa shape index (κ2) is 8.25. The van der Waals surface area contributed by atoms with Crippen LogP contribution in [0.2, 0.25) is 0 Å². The molecule has 4 heteroatoms. The third kappa shape index (κ3) is 4.47. The molecule has 0 aliphatic carbocycles. The Hall–Kier alpha value is -1.10. The second-order valence-corrected chi connectivity index (χ2v) is 5.42. The molecule has 1 aromatic carbocycles. The fraction of sp³-hybridized carbons (Fsp3) is 0.625. The monoisotopic (exact) mass is 278 g/mol. The molecule has 0 bridgehead atoms. The van der Waals surface area contributed by atoms with E-state index in [0.717, 1.165) is 30.8 Å². The Morgan fingerprint density at radius 2 is 2.20 bits per heavy atom. The van der Waals surface area contributed by atoms with E-state index < -0.39 is 0 Å². The number of ether oxygens (including phenoxy) is 1. The van der Waals surface area contributed by atoms with E-state index in [1.54, 1.807) is 0 Å². The van der Waals surface area contributed by atoms with Crippen molar-refractivity contribution in [2.75, 3.05) is 26.3 Å². The maximum Gasteiger partial charge on any atom is 0.119 e. The molecule has 0 amide bonds. The first-order chi connectivity index (χ1) is 9.83. The summed E-state index contributed by atoms with van der Waals surface area (Å²) in [5.41, 5.74) is 6.71. The van der Waals surface area contributed by atoms with Gasteiger partial charge in [0.1, 0.15) is 12.4 Å². The number of aliphatic hydroxyl groups excluding tert-OH is 1. The van der Waals surface area contributed by atoms with Crippen LogP contribution >= 0.6 is 0 Å². The maximum atomic E-state index is 9.47. The van der Waals surface area contributed by atoms with E-state index in [1.165, 1.54) is 19.3 Å². The SMILES string of the molecule is NCc1cccc(OCCN2CCCCCC2CO)c1. The average molecular weight is 278 g/mol. The summed E-state index contributed by atoms with van der Waals surface area (Å²) in [4.78, 5) is 2.36. The third-order valence-corrected chi connectivity index (χ3v) is 3.99. The van der Waals surface area contributed by atoms with Crippen molar-refractivity contribution in [3.05, 3.63) is 29.8 Å². The van der Waals surface area contributed by atoms with Crippen molar-refractivity contribution >= 4 is 0 Å². The molecule has 112 valence electrons. The molecule has 0 aromatic heterocycles. The van der Waals surface area contributed by atoms with Gasteiger partial charge in [-0.15, -0.1) is 0 Å². The molecule has 1 unspecified atom stereocenters. The summed E-state index contributed by atoms with van der Waals surface area (Å²) in [5.74, 6) is 0.878. The predicted octanol–water partition coefficient (Wildman–Crippen LogP) is 1.76. The first-order valence-corrected chi connectivity index (χ1v) is 7.60. The van der Waals surface area contributed by atoms with E-state index in [9.17, 15) is 5.11 Å². The van der Waals surface area contributed by atoms with E-state index in [4.69, 9.17) is 10.5 Å². The number of aliphatic hydroxyl groups is 1. The molecule has 1 aromatic rings. The molecular formula is C16H26N2O2. The van der Waals surface area contributed by atoms with Crippen molar-refractivity contribution in [3.8, 4) is 5.75 Å². The number of benzene rings is 1. The Morgan fingerprint density at radius 3 is 3.00 bits per heavy atom. The smallest absolute Gasteiger partial charge is 0.119 e. The Balaban J connectivity index is 1.81. The van der Waals surface area contributed by atoms with Crippen LogP contribution in [-0.4, -0.2) is 42.4 Å². The molecule has 2 rings (SSSR count). The van der Waals surface area contributed by atoms with Crippen molar-refractivity contribution in [3.63, 3.8) is 0 Å². The standard InChI is InChI=1S/C16H26N2O2/c17-12-14-5-4-7-16(11-14)20-10-9-18-8-3-1-2-6-15(18)13-19/h4-5,7,11,15,19H,1-3,6,8-10,12-13,17H2. The molecule has 0 spiro atoms. The summed E-state index contributed by atoms with van der Waals surface area (Å²) in [6.45, 7) is 3.39. The van der Waals surface area contributed by atoms with Crippen LogP contribution in [0.3, 0.4) is 0 Å². The summed E-state index contributed by atoms with van der Waals surface area (Å²) in [5, 5.41) is 9.47. The topological polar surface area (TPSA) is 58.7 Å². The Kier molecular flexibility index (Phi) is 6.30. The number of hydrogen-bond acceptors (Lipinski definition) is 4. The van der Waals surface area contributed by atoms with Gasteiger partial charge in [-0.2, -0.15) is 0 Å². The number of nitrogens with zero attached hydrogens (tertiary/aromatic N) is 1. The number of likely N-dealkylation sites (tertiary alicyclic amines) is 1. The molecule has 3 N–H and O–H groups in total. The minimum atomic E-state index is 0.253. The second-order valence-electron chi connectivity index (χ2n) is 5.42. The van der Waals surface area contributed by atoms with Gasteiger partial charge in [-0.3, -0.25) is 4.90 Å². The van der Waals surface area contributed by atoms with Crippen molar-refractivity contribution in [1.29, 1.82) is 0 Å². The Labute approximate surface area is 121 Å². The number of rotatable bonds is 6. The molecule has 1 atom stereocenters. The summed E-state index contributed by atoms with van der Waals surface area (Å²) >= 11 is 0. The lowest BCUT2D eigenvalue weighted by Crippen LogP contribution is -2.40. The van der Waals surface area contributed by atoms with Gasteiger partial charge in [0, 0.05) is 19.1 Å². The van der Waals surface area contributed by atoms with Crippen LogP contribution in [0.5, 0.6) is 5.75 Å². The molecule has 0 saturated carbocycles. The number of hydrogen-bond donors (Lipinski definition) is 2. The van der Waals surface area contributed by atoms with E-state index >= 15 is 0 Å². The lowest BCUT2D eigenvalue weighted by Gasteiger charge is -2.28. The van der Waals surface area contributed by atoms with E-state index in [2.05, 4.69) is 4.90 Å². The summed E-state index contributed by atoms with van der Waals surface area (Å²) in [7, 11) is 0. The lowest BCUT2D eigenvalue weighted by molar-refractivity contribution is 0.108. The first kappa shape index (κ1) is 15.3. The number of nitrogens with two attached hydrogens (primary N) is 1. The highest BCUT2D eigenvalue weighted by Crippen LogP contribution is 2.17. The van der Waals surface area contributed by atoms with Gasteiger partial charge in [-0.25, -0.2) is 0 Å². The fourth-order valence-electron chi connectivity index (χ4n) is 2.78. The third-order valence-electron chi connectivity index (χ3n) is 3.99. The predicted molar refractivity (Wildman–Crippen MR) is 80.7 cm³/mol. The van der Waals surface area contributed by atoms with Gasteiger partial charge in [0.15, 0.2) is 0 Å². The average Bonchev–Trinajstić information content (AvgIpc) is 2.72. The highest BCUT2D eigenvalue weighted by molar-refractivity contribution is 5.28. The van der Waals surface area contributed by atoms with Gasteiger partial charge < -0.3 is 15.6 Å². The summed E-state index contributed by atoms with van der Waals surface area (Å²) in [6, 6.07) is 8.23.